The predicted octanol–water partition coefficient (Wildman–Crippen LogP) is -0.572. The lowest BCUT2D eigenvalue weighted by molar-refractivity contribution is 0.326. The first-order chi connectivity index (χ1) is 6.55. The monoisotopic (exact) mass is 221 g/mol. The highest BCUT2D eigenvalue weighted by atomic mass is 32.2. The summed E-state index contributed by atoms with van der Waals surface area (Å²) < 4.78 is 27.9. The Bertz CT molecular complexity index is 266. The molecule has 1 aliphatic rings. The maximum absolute atomic E-state index is 11.4. The molecule has 1 saturated heterocycles. The summed E-state index contributed by atoms with van der Waals surface area (Å²) in [6, 6.07) is 0.00722. The minimum absolute atomic E-state index is 0.00722. The van der Waals surface area contributed by atoms with Gasteiger partial charge in [0.25, 0.3) is 10.2 Å². The van der Waals surface area contributed by atoms with Crippen LogP contribution in [-0.2, 0) is 10.2 Å². The molecule has 2 unspecified atom stereocenters. The number of rotatable bonds is 4. The van der Waals surface area contributed by atoms with Gasteiger partial charge in [-0.25, -0.2) is 4.72 Å². The standard InChI is InChI=1S/C8H19N3O2S/c1-3-10-14(12,13)11-8-6-9-5-4-7(8)2/h7-11H,3-6H2,1-2H3. The Labute approximate surface area is 85.8 Å². The fourth-order valence-corrected chi connectivity index (χ4v) is 2.76. The molecule has 2 atom stereocenters. The van der Waals surface area contributed by atoms with E-state index in [1.807, 2.05) is 0 Å². The van der Waals surface area contributed by atoms with Crippen molar-refractivity contribution in [3.05, 3.63) is 0 Å². The fourth-order valence-electron chi connectivity index (χ4n) is 1.58. The minimum atomic E-state index is -3.30. The number of hydrogen-bond donors (Lipinski definition) is 3. The van der Waals surface area contributed by atoms with Crippen LogP contribution in [0.4, 0.5) is 0 Å². The van der Waals surface area contributed by atoms with Crippen molar-refractivity contribution >= 4 is 10.2 Å². The van der Waals surface area contributed by atoms with Crippen LogP contribution in [0.2, 0.25) is 0 Å². The van der Waals surface area contributed by atoms with Gasteiger partial charge in [0, 0.05) is 19.1 Å². The zero-order valence-electron chi connectivity index (χ0n) is 8.71. The summed E-state index contributed by atoms with van der Waals surface area (Å²) >= 11 is 0. The summed E-state index contributed by atoms with van der Waals surface area (Å²) in [5.41, 5.74) is 0. The third-order valence-corrected chi connectivity index (χ3v) is 3.75. The van der Waals surface area contributed by atoms with Crippen LogP contribution in [0.5, 0.6) is 0 Å². The van der Waals surface area contributed by atoms with E-state index in [4.69, 9.17) is 0 Å². The molecule has 14 heavy (non-hydrogen) atoms. The van der Waals surface area contributed by atoms with Crippen molar-refractivity contribution in [2.75, 3.05) is 19.6 Å². The first-order valence-corrected chi connectivity index (χ1v) is 6.51. The van der Waals surface area contributed by atoms with Crippen molar-refractivity contribution < 1.29 is 8.42 Å². The van der Waals surface area contributed by atoms with Crippen LogP contribution in [0, 0.1) is 5.92 Å². The molecular formula is C8H19N3O2S. The van der Waals surface area contributed by atoms with Crippen molar-refractivity contribution in [3.8, 4) is 0 Å². The highest BCUT2D eigenvalue weighted by molar-refractivity contribution is 7.87. The van der Waals surface area contributed by atoms with Crippen molar-refractivity contribution in [2.45, 2.75) is 26.3 Å². The zero-order chi connectivity index (χ0) is 10.6. The summed E-state index contributed by atoms with van der Waals surface area (Å²) in [5.74, 6) is 0.393. The molecule has 0 aromatic heterocycles. The molecule has 1 aliphatic heterocycles. The van der Waals surface area contributed by atoms with Gasteiger partial charge < -0.3 is 5.32 Å². The molecule has 5 nitrogen and oxygen atoms in total. The van der Waals surface area contributed by atoms with E-state index in [1.54, 1.807) is 6.92 Å². The second-order valence-electron chi connectivity index (χ2n) is 3.70. The summed E-state index contributed by atoms with van der Waals surface area (Å²) in [5, 5.41) is 3.18. The van der Waals surface area contributed by atoms with E-state index in [-0.39, 0.29) is 6.04 Å². The summed E-state index contributed by atoms with van der Waals surface area (Å²) in [6.45, 7) is 5.94. The highest BCUT2D eigenvalue weighted by Crippen LogP contribution is 2.11. The van der Waals surface area contributed by atoms with Crippen LogP contribution >= 0.6 is 0 Å². The molecule has 0 radical (unpaired) electrons. The van der Waals surface area contributed by atoms with Gasteiger partial charge in [-0.1, -0.05) is 13.8 Å². The smallest absolute Gasteiger partial charge is 0.277 e. The Morgan fingerprint density at radius 2 is 2.21 bits per heavy atom. The van der Waals surface area contributed by atoms with Gasteiger partial charge in [0.05, 0.1) is 0 Å². The van der Waals surface area contributed by atoms with E-state index in [0.29, 0.717) is 19.0 Å². The van der Waals surface area contributed by atoms with E-state index in [1.165, 1.54) is 0 Å². The number of piperidine rings is 1. The van der Waals surface area contributed by atoms with Crippen LogP contribution in [0.3, 0.4) is 0 Å². The molecule has 1 rings (SSSR count). The van der Waals surface area contributed by atoms with Gasteiger partial charge in [0.1, 0.15) is 0 Å². The maximum Gasteiger partial charge on any atom is 0.277 e. The SMILES string of the molecule is CCNS(=O)(=O)NC1CNCCC1C. The van der Waals surface area contributed by atoms with Crippen molar-refractivity contribution in [1.82, 2.24) is 14.8 Å². The van der Waals surface area contributed by atoms with Gasteiger partial charge >= 0.3 is 0 Å². The zero-order valence-corrected chi connectivity index (χ0v) is 9.52. The minimum Gasteiger partial charge on any atom is -0.315 e. The van der Waals surface area contributed by atoms with Crippen molar-refractivity contribution in [3.63, 3.8) is 0 Å². The molecule has 0 aromatic carbocycles. The molecule has 84 valence electrons. The van der Waals surface area contributed by atoms with Crippen molar-refractivity contribution in [1.29, 1.82) is 0 Å². The highest BCUT2D eigenvalue weighted by Gasteiger charge is 2.24. The van der Waals surface area contributed by atoms with E-state index in [2.05, 4.69) is 21.7 Å². The van der Waals surface area contributed by atoms with Crippen LogP contribution in [-0.4, -0.2) is 34.1 Å². The maximum atomic E-state index is 11.4. The molecule has 0 spiro atoms. The molecule has 3 N–H and O–H groups in total. The second kappa shape index (κ2) is 5.06. The molecule has 1 fully saturated rings. The van der Waals surface area contributed by atoms with Gasteiger partial charge in [-0.05, 0) is 18.9 Å². The lowest BCUT2D eigenvalue weighted by Crippen LogP contribution is -2.52. The van der Waals surface area contributed by atoms with Gasteiger partial charge in [-0.15, -0.1) is 0 Å². The number of hydrogen-bond acceptors (Lipinski definition) is 3. The summed E-state index contributed by atoms with van der Waals surface area (Å²) in [4.78, 5) is 0. The lowest BCUT2D eigenvalue weighted by atomic mass is 9.96. The largest absolute Gasteiger partial charge is 0.315 e. The normalized spacial score (nSPS) is 29.0. The van der Waals surface area contributed by atoms with Crippen LogP contribution < -0.4 is 14.8 Å². The predicted molar refractivity (Wildman–Crippen MR) is 56.2 cm³/mol. The quantitative estimate of drug-likeness (QED) is 0.595. The first-order valence-electron chi connectivity index (χ1n) is 5.03. The second-order valence-corrected chi connectivity index (χ2v) is 5.23. The van der Waals surface area contributed by atoms with Gasteiger partial charge in [-0.2, -0.15) is 13.1 Å². The fraction of sp³-hybridized carbons (Fsp3) is 1.00. The Balaban J connectivity index is 2.49. The van der Waals surface area contributed by atoms with Crippen molar-refractivity contribution in [2.24, 2.45) is 5.92 Å². The summed E-state index contributed by atoms with van der Waals surface area (Å²) in [7, 11) is -3.30. The molecule has 0 aromatic rings. The van der Waals surface area contributed by atoms with Gasteiger partial charge in [0.15, 0.2) is 0 Å². The average molecular weight is 221 g/mol. The molecule has 0 aliphatic carbocycles. The van der Waals surface area contributed by atoms with Crippen LogP contribution in [0.15, 0.2) is 0 Å². The third kappa shape index (κ3) is 3.53. The van der Waals surface area contributed by atoms with E-state index in [0.717, 1.165) is 13.0 Å². The Morgan fingerprint density at radius 3 is 2.79 bits per heavy atom. The van der Waals surface area contributed by atoms with E-state index in [9.17, 15) is 8.42 Å². The summed E-state index contributed by atoms with van der Waals surface area (Å²) in [6.07, 6.45) is 1.01. The van der Waals surface area contributed by atoms with Crippen LogP contribution in [0.1, 0.15) is 20.3 Å². The van der Waals surface area contributed by atoms with Gasteiger partial charge in [0.2, 0.25) is 0 Å². The Morgan fingerprint density at radius 1 is 1.50 bits per heavy atom. The molecule has 1 heterocycles. The Hall–Kier alpha value is -0.170. The lowest BCUT2D eigenvalue weighted by Gasteiger charge is -2.29. The topological polar surface area (TPSA) is 70.2 Å². The van der Waals surface area contributed by atoms with Crippen LogP contribution in [0.25, 0.3) is 0 Å². The molecule has 0 amide bonds. The van der Waals surface area contributed by atoms with E-state index >= 15 is 0 Å². The van der Waals surface area contributed by atoms with Gasteiger partial charge in [-0.3, -0.25) is 0 Å². The molecular weight excluding hydrogens is 202 g/mol. The number of nitrogens with one attached hydrogen (secondary N) is 3. The molecule has 0 bridgehead atoms. The van der Waals surface area contributed by atoms with E-state index < -0.39 is 10.2 Å². The third-order valence-electron chi connectivity index (χ3n) is 2.47. The first kappa shape index (κ1) is 11.9. The molecule has 0 saturated carbocycles. The average Bonchev–Trinajstić information content (AvgIpc) is 2.08. The molecule has 6 heteroatoms. The Kier molecular flexibility index (Phi) is 4.31.